The highest BCUT2D eigenvalue weighted by atomic mass is 35.5. The lowest BCUT2D eigenvalue weighted by atomic mass is 9.88. The van der Waals surface area contributed by atoms with Crippen LogP contribution in [-0.4, -0.2) is 13.2 Å². The molecule has 0 heterocycles. The van der Waals surface area contributed by atoms with Crippen molar-refractivity contribution >= 4 is 0 Å². The number of benzene rings is 1. The standard InChI is InChI=1S/C11H15NO.ClH/c1-13-11-4-2-3-8-7-9(12)5-6-10(8)11;/h2-4,9H,5-7,12H2,1H3;1H. The highest BCUT2D eigenvalue weighted by molar-refractivity contribution is 5.42. The van der Waals surface area contributed by atoms with Crippen molar-refractivity contribution in [3.8, 4) is 5.75 Å². The molecule has 0 saturated carbocycles. The molecule has 2 rings (SSSR count). The number of hydrogen-bond acceptors (Lipinski definition) is 1. The lowest BCUT2D eigenvalue weighted by Crippen LogP contribution is -3.00. The van der Waals surface area contributed by atoms with Gasteiger partial charge in [0.05, 0.1) is 13.2 Å². The van der Waals surface area contributed by atoms with Crippen LogP contribution in [-0.2, 0) is 12.8 Å². The van der Waals surface area contributed by atoms with Gasteiger partial charge in [-0.05, 0) is 23.6 Å². The first-order chi connectivity index (χ1) is 6.31. The van der Waals surface area contributed by atoms with Gasteiger partial charge >= 0.3 is 0 Å². The van der Waals surface area contributed by atoms with Crippen LogP contribution in [0, 0.1) is 0 Å². The van der Waals surface area contributed by atoms with E-state index in [1.165, 1.54) is 17.5 Å². The van der Waals surface area contributed by atoms with Crippen LogP contribution < -0.4 is 22.9 Å². The molecule has 1 atom stereocenters. The molecule has 3 heteroatoms. The Labute approximate surface area is 90.9 Å². The predicted molar refractivity (Wildman–Crippen MR) is 51.7 cm³/mol. The highest BCUT2D eigenvalue weighted by Crippen LogP contribution is 2.28. The third kappa shape index (κ3) is 2.02. The maximum Gasteiger partial charge on any atom is 0.122 e. The Kier molecular flexibility index (Phi) is 3.78. The second-order valence-electron chi connectivity index (χ2n) is 3.71. The first kappa shape index (κ1) is 11.3. The summed E-state index contributed by atoms with van der Waals surface area (Å²) in [7, 11) is 1.74. The van der Waals surface area contributed by atoms with Gasteiger partial charge in [-0.25, -0.2) is 0 Å². The summed E-state index contributed by atoms with van der Waals surface area (Å²) in [6, 6.07) is 6.88. The largest absolute Gasteiger partial charge is 1.00 e. The zero-order valence-electron chi connectivity index (χ0n) is 8.42. The zero-order chi connectivity index (χ0) is 9.26. The SMILES string of the molecule is COc1cccc2c1CCC([NH3+])C2.[Cl-]. The van der Waals surface area contributed by atoms with Crippen molar-refractivity contribution in [3.05, 3.63) is 29.3 Å². The molecular formula is C11H16ClNO. The van der Waals surface area contributed by atoms with Crippen LogP contribution in [0.25, 0.3) is 0 Å². The van der Waals surface area contributed by atoms with Gasteiger partial charge in [-0.2, -0.15) is 0 Å². The van der Waals surface area contributed by atoms with Crippen LogP contribution in [0.3, 0.4) is 0 Å². The summed E-state index contributed by atoms with van der Waals surface area (Å²) in [5.74, 6) is 1.05. The van der Waals surface area contributed by atoms with Gasteiger partial charge in [-0.15, -0.1) is 0 Å². The fourth-order valence-corrected chi connectivity index (χ4v) is 2.04. The lowest BCUT2D eigenvalue weighted by Gasteiger charge is -2.20. The van der Waals surface area contributed by atoms with Gasteiger partial charge in [0.1, 0.15) is 5.75 Å². The van der Waals surface area contributed by atoms with Gasteiger partial charge in [0.2, 0.25) is 0 Å². The summed E-state index contributed by atoms with van der Waals surface area (Å²) in [4.78, 5) is 0. The van der Waals surface area contributed by atoms with Crippen molar-refractivity contribution in [2.75, 3.05) is 7.11 Å². The Balaban J connectivity index is 0.000000980. The molecule has 0 saturated heterocycles. The number of halogens is 1. The van der Waals surface area contributed by atoms with E-state index in [2.05, 4.69) is 17.9 Å². The molecule has 0 bridgehead atoms. The first-order valence-corrected chi connectivity index (χ1v) is 4.79. The molecule has 0 aromatic heterocycles. The molecule has 1 aromatic carbocycles. The predicted octanol–water partition coefficient (Wildman–Crippen LogP) is -2.20. The van der Waals surface area contributed by atoms with Crippen LogP contribution in [0.1, 0.15) is 17.5 Å². The Hall–Kier alpha value is -0.730. The molecule has 0 aliphatic heterocycles. The molecule has 1 unspecified atom stereocenters. The topological polar surface area (TPSA) is 36.9 Å². The molecule has 0 fully saturated rings. The summed E-state index contributed by atoms with van der Waals surface area (Å²) in [5, 5.41) is 0. The van der Waals surface area contributed by atoms with Crippen molar-refractivity contribution in [3.63, 3.8) is 0 Å². The smallest absolute Gasteiger partial charge is 0.122 e. The van der Waals surface area contributed by atoms with Gasteiger partial charge in [-0.3, -0.25) is 0 Å². The molecule has 78 valence electrons. The Morgan fingerprint density at radius 2 is 2.21 bits per heavy atom. The number of methoxy groups -OCH3 is 1. The minimum absolute atomic E-state index is 0. The molecule has 14 heavy (non-hydrogen) atoms. The number of hydrogen-bond donors (Lipinski definition) is 1. The minimum atomic E-state index is 0. The zero-order valence-corrected chi connectivity index (χ0v) is 9.18. The highest BCUT2D eigenvalue weighted by Gasteiger charge is 2.19. The average Bonchev–Trinajstić information content (AvgIpc) is 2.16. The second kappa shape index (κ2) is 4.67. The number of fused-ring (bicyclic) bond motifs is 1. The summed E-state index contributed by atoms with van der Waals surface area (Å²) in [5.41, 5.74) is 6.93. The molecule has 1 aliphatic carbocycles. The van der Waals surface area contributed by atoms with Gasteiger partial charge in [-0.1, -0.05) is 12.1 Å². The molecule has 0 spiro atoms. The van der Waals surface area contributed by atoms with Crippen molar-refractivity contribution < 1.29 is 22.9 Å². The van der Waals surface area contributed by atoms with E-state index in [0.29, 0.717) is 6.04 Å². The lowest BCUT2D eigenvalue weighted by molar-refractivity contribution is -0.421. The van der Waals surface area contributed by atoms with Gasteiger partial charge in [0, 0.05) is 12.8 Å². The quantitative estimate of drug-likeness (QED) is 0.565. The maximum absolute atomic E-state index is 5.33. The Morgan fingerprint density at radius 1 is 1.43 bits per heavy atom. The van der Waals surface area contributed by atoms with Crippen molar-refractivity contribution in [2.24, 2.45) is 0 Å². The summed E-state index contributed by atoms with van der Waals surface area (Å²) < 4.78 is 5.33. The van der Waals surface area contributed by atoms with Crippen LogP contribution in [0.4, 0.5) is 0 Å². The van der Waals surface area contributed by atoms with E-state index in [1.54, 1.807) is 7.11 Å². The minimum Gasteiger partial charge on any atom is -1.00 e. The summed E-state index contributed by atoms with van der Waals surface area (Å²) in [6.45, 7) is 0. The summed E-state index contributed by atoms with van der Waals surface area (Å²) >= 11 is 0. The van der Waals surface area contributed by atoms with E-state index >= 15 is 0 Å². The number of ether oxygens (including phenoxy) is 1. The van der Waals surface area contributed by atoms with Gasteiger partial charge in [0.15, 0.2) is 0 Å². The fourth-order valence-electron chi connectivity index (χ4n) is 2.04. The molecular weight excluding hydrogens is 198 g/mol. The van der Waals surface area contributed by atoms with Crippen molar-refractivity contribution in [2.45, 2.75) is 25.3 Å². The van der Waals surface area contributed by atoms with Crippen molar-refractivity contribution in [1.82, 2.24) is 0 Å². The third-order valence-corrected chi connectivity index (χ3v) is 2.76. The van der Waals surface area contributed by atoms with Crippen LogP contribution >= 0.6 is 0 Å². The van der Waals surface area contributed by atoms with E-state index in [1.807, 2.05) is 6.07 Å². The Bertz CT molecular complexity index is 314. The second-order valence-corrected chi connectivity index (χ2v) is 3.71. The van der Waals surface area contributed by atoms with Crippen LogP contribution in [0.15, 0.2) is 18.2 Å². The molecule has 1 aliphatic rings. The molecule has 0 radical (unpaired) electrons. The van der Waals surface area contributed by atoms with E-state index < -0.39 is 0 Å². The average molecular weight is 214 g/mol. The summed E-state index contributed by atoms with van der Waals surface area (Å²) in [6.07, 6.45) is 3.41. The molecule has 3 N–H and O–H groups in total. The van der Waals surface area contributed by atoms with Gasteiger partial charge in [0.25, 0.3) is 0 Å². The van der Waals surface area contributed by atoms with E-state index in [9.17, 15) is 0 Å². The monoisotopic (exact) mass is 213 g/mol. The van der Waals surface area contributed by atoms with E-state index in [4.69, 9.17) is 4.74 Å². The molecule has 2 nitrogen and oxygen atoms in total. The normalized spacial score (nSPS) is 19.4. The molecule has 0 amide bonds. The van der Waals surface area contributed by atoms with Crippen molar-refractivity contribution in [1.29, 1.82) is 0 Å². The maximum atomic E-state index is 5.33. The van der Waals surface area contributed by atoms with Crippen LogP contribution in [0.2, 0.25) is 0 Å². The van der Waals surface area contributed by atoms with Gasteiger partial charge < -0.3 is 22.9 Å². The Morgan fingerprint density at radius 3 is 2.93 bits per heavy atom. The third-order valence-electron chi connectivity index (χ3n) is 2.76. The first-order valence-electron chi connectivity index (χ1n) is 4.79. The number of quaternary nitrogens is 1. The fraction of sp³-hybridized carbons (Fsp3) is 0.455. The van der Waals surface area contributed by atoms with Crippen LogP contribution in [0.5, 0.6) is 5.75 Å². The van der Waals surface area contributed by atoms with E-state index in [0.717, 1.165) is 18.6 Å². The van der Waals surface area contributed by atoms with E-state index in [-0.39, 0.29) is 12.4 Å². The number of rotatable bonds is 1. The molecule has 1 aromatic rings.